The fourth-order valence-corrected chi connectivity index (χ4v) is 4.47. The van der Waals surface area contributed by atoms with Gasteiger partial charge in [-0.2, -0.15) is 0 Å². The Labute approximate surface area is 204 Å². The van der Waals surface area contributed by atoms with E-state index in [1.165, 1.54) is 0 Å². The number of fused-ring (bicyclic) bond motifs is 3. The summed E-state index contributed by atoms with van der Waals surface area (Å²) >= 11 is 0. The summed E-state index contributed by atoms with van der Waals surface area (Å²) in [5.41, 5.74) is 5.33. The highest BCUT2D eigenvalue weighted by Gasteiger charge is 2.29. The van der Waals surface area contributed by atoms with Gasteiger partial charge in [-0.1, -0.05) is 78.9 Å². The van der Waals surface area contributed by atoms with Crippen LogP contribution in [0.1, 0.15) is 36.0 Å². The number of carbonyl (C=O) groups excluding carboxylic acids is 2. The number of amides is 2. The average Bonchev–Trinajstić information content (AvgIpc) is 3.16. The lowest BCUT2D eigenvalue weighted by molar-refractivity contribution is -0.141. The van der Waals surface area contributed by atoms with Crippen LogP contribution < -0.4 is 10.6 Å². The SMILES string of the molecule is C[C@@H](CC(=O)N[C@@H](Cc1ccccc1)C(=O)O)NC(=O)OCC1c2ccccc2-c2ccccc21. The summed E-state index contributed by atoms with van der Waals surface area (Å²) in [6, 6.07) is 23.7. The lowest BCUT2D eigenvalue weighted by Crippen LogP contribution is -2.45. The highest BCUT2D eigenvalue weighted by molar-refractivity contribution is 5.84. The highest BCUT2D eigenvalue weighted by Crippen LogP contribution is 2.44. The molecule has 0 bridgehead atoms. The zero-order valence-electron chi connectivity index (χ0n) is 19.4. The zero-order chi connectivity index (χ0) is 24.8. The van der Waals surface area contributed by atoms with Crippen molar-refractivity contribution in [3.63, 3.8) is 0 Å². The number of carboxylic acid groups (broad SMARTS) is 1. The maximum absolute atomic E-state index is 12.4. The fraction of sp³-hybridized carbons (Fsp3) is 0.250. The molecule has 7 heteroatoms. The molecule has 0 saturated carbocycles. The molecule has 2 amide bonds. The Kier molecular flexibility index (Phi) is 7.45. The van der Waals surface area contributed by atoms with Crippen LogP contribution in [0.25, 0.3) is 11.1 Å². The molecule has 0 aliphatic heterocycles. The van der Waals surface area contributed by atoms with Crippen LogP contribution in [0.4, 0.5) is 4.79 Å². The Hall–Kier alpha value is -4.13. The van der Waals surface area contributed by atoms with Crippen molar-refractivity contribution in [2.24, 2.45) is 0 Å². The van der Waals surface area contributed by atoms with Crippen LogP contribution in [0, 0.1) is 0 Å². The maximum Gasteiger partial charge on any atom is 0.407 e. The van der Waals surface area contributed by atoms with Gasteiger partial charge in [0.25, 0.3) is 0 Å². The van der Waals surface area contributed by atoms with Crippen LogP contribution in [0.3, 0.4) is 0 Å². The molecule has 3 N–H and O–H groups in total. The van der Waals surface area contributed by atoms with E-state index in [9.17, 15) is 19.5 Å². The monoisotopic (exact) mass is 472 g/mol. The van der Waals surface area contributed by atoms with E-state index in [-0.39, 0.29) is 25.4 Å². The number of alkyl carbamates (subject to hydrolysis) is 1. The van der Waals surface area contributed by atoms with Crippen molar-refractivity contribution >= 4 is 18.0 Å². The molecule has 3 aromatic carbocycles. The Morgan fingerprint density at radius 2 is 1.43 bits per heavy atom. The van der Waals surface area contributed by atoms with Gasteiger partial charge in [-0.3, -0.25) is 4.79 Å². The van der Waals surface area contributed by atoms with Crippen LogP contribution in [0.2, 0.25) is 0 Å². The Morgan fingerprint density at radius 1 is 0.857 bits per heavy atom. The normalized spacial score (nSPS) is 13.7. The quantitative estimate of drug-likeness (QED) is 0.435. The summed E-state index contributed by atoms with van der Waals surface area (Å²) < 4.78 is 5.51. The smallest absolute Gasteiger partial charge is 0.407 e. The molecule has 0 spiro atoms. The third-order valence-corrected chi connectivity index (χ3v) is 6.12. The molecule has 0 radical (unpaired) electrons. The molecule has 3 aromatic rings. The first kappa shape index (κ1) is 24.0. The van der Waals surface area contributed by atoms with Gasteiger partial charge in [0.1, 0.15) is 12.6 Å². The molecule has 4 rings (SSSR count). The van der Waals surface area contributed by atoms with Crippen LogP contribution in [0.5, 0.6) is 0 Å². The van der Waals surface area contributed by atoms with E-state index in [0.29, 0.717) is 0 Å². The minimum atomic E-state index is -1.11. The second-order valence-corrected chi connectivity index (χ2v) is 8.72. The van der Waals surface area contributed by atoms with E-state index in [1.807, 2.05) is 66.7 Å². The number of carbonyl (C=O) groups is 3. The van der Waals surface area contributed by atoms with Crippen LogP contribution >= 0.6 is 0 Å². The summed E-state index contributed by atoms with van der Waals surface area (Å²) in [4.78, 5) is 36.4. The van der Waals surface area contributed by atoms with E-state index in [1.54, 1.807) is 6.92 Å². The number of benzene rings is 3. The minimum Gasteiger partial charge on any atom is -0.480 e. The number of hydrogen-bond acceptors (Lipinski definition) is 4. The molecule has 0 unspecified atom stereocenters. The van der Waals surface area contributed by atoms with Crippen molar-refractivity contribution in [3.05, 3.63) is 95.6 Å². The molecule has 2 atom stereocenters. The maximum atomic E-state index is 12.4. The van der Waals surface area contributed by atoms with E-state index < -0.39 is 30.1 Å². The summed E-state index contributed by atoms with van der Waals surface area (Å²) in [7, 11) is 0. The zero-order valence-corrected chi connectivity index (χ0v) is 19.4. The van der Waals surface area contributed by atoms with E-state index in [0.717, 1.165) is 27.8 Å². The predicted octanol–water partition coefficient (Wildman–Crippen LogP) is 4.12. The van der Waals surface area contributed by atoms with Gasteiger partial charge in [0.2, 0.25) is 5.91 Å². The number of nitrogens with one attached hydrogen (secondary N) is 2. The molecule has 180 valence electrons. The van der Waals surface area contributed by atoms with Gasteiger partial charge < -0.3 is 20.5 Å². The Bertz CT molecular complexity index is 1170. The standard InChI is InChI=1S/C28H28N2O5/c1-18(15-26(31)30-25(27(32)33)16-19-9-3-2-4-10-19)29-28(34)35-17-24-22-13-7-5-11-20(22)21-12-6-8-14-23(21)24/h2-14,18,24-25H,15-17H2,1H3,(H,29,34)(H,30,31)(H,32,33)/t18-,25-/m0/s1. The van der Waals surface area contributed by atoms with Crippen LogP contribution in [0.15, 0.2) is 78.9 Å². The highest BCUT2D eigenvalue weighted by atomic mass is 16.5. The van der Waals surface area contributed by atoms with Gasteiger partial charge in [-0.15, -0.1) is 0 Å². The van der Waals surface area contributed by atoms with Crippen LogP contribution in [-0.2, 0) is 20.7 Å². The summed E-state index contributed by atoms with van der Waals surface area (Å²) in [6.07, 6.45) is -0.509. The van der Waals surface area contributed by atoms with Crippen molar-refractivity contribution < 1.29 is 24.2 Å². The van der Waals surface area contributed by atoms with Gasteiger partial charge in [0.15, 0.2) is 0 Å². The first-order valence-electron chi connectivity index (χ1n) is 11.6. The number of ether oxygens (including phenoxy) is 1. The van der Waals surface area contributed by atoms with Crippen molar-refractivity contribution in [1.29, 1.82) is 0 Å². The molecule has 0 fully saturated rings. The average molecular weight is 473 g/mol. The molecular weight excluding hydrogens is 444 g/mol. The Morgan fingerprint density at radius 3 is 2.03 bits per heavy atom. The second kappa shape index (κ2) is 10.9. The lowest BCUT2D eigenvalue weighted by atomic mass is 9.98. The molecule has 0 saturated heterocycles. The first-order chi connectivity index (χ1) is 16.9. The van der Waals surface area contributed by atoms with Gasteiger partial charge in [-0.05, 0) is 34.7 Å². The predicted molar refractivity (Wildman–Crippen MR) is 132 cm³/mol. The minimum absolute atomic E-state index is 0.0546. The van der Waals surface area contributed by atoms with Crippen molar-refractivity contribution in [1.82, 2.24) is 10.6 Å². The molecule has 1 aliphatic carbocycles. The molecular formula is C28H28N2O5. The summed E-state index contributed by atoms with van der Waals surface area (Å²) in [5, 5.41) is 14.7. The fourth-order valence-electron chi connectivity index (χ4n) is 4.47. The Balaban J connectivity index is 1.28. The second-order valence-electron chi connectivity index (χ2n) is 8.72. The summed E-state index contributed by atoms with van der Waals surface area (Å²) in [6.45, 7) is 1.85. The van der Waals surface area contributed by atoms with Gasteiger partial charge in [0.05, 0.1) is 0 Å². The third kappa shape index (κ3) is 5.87. The van der Waals surface area contributed by atoms with Gasteiger partial charge >= 0.3 is 12.1 Å². The van der Waals surface area contributed by atoms with E-state index >= 15 is 0 Å². The third-order valence-electron chi connectivity index (χ3n) is 6.12. The number of hydrogen-bond donors (Lipinski definition) is 3. The first-order valence-corrected chi connectivity index (χ1v) is 11.6. The molecule has 0 heterocycles. The van der Waals surface area contributed by atoms with Crippen LogP contribution in [-0.4, -0.2) is 41.8 Å². The van der Waals surface area contributed by atoms with Gasteiger partial charge in [-0.25, -0.2) is 9.59 Å². The lowest BCUT2D eigenvalue weighted by Gasteiger charge is -2.19. The largest absolute Gasteiger partial charge is 0.480 e. The van der Waals surface area contributed by atoms with Gasteiger partial charge in [0, 0.05) is 24.8 Å². The molecule has 1 aliphatic rings. The van der Waals surface area contributed by atoms with Crippen molar-refractivity contribution in [2.45, 2.75) is 37.8 Å². The van der Waals surface area contributed by atoms with Crippen molar-refractivity contribution in [2.75, 3.05) is 6.61 Å². The van der Waals surface area contributed by atoms with E-state index in [4.69, 9.17) is 4.74 Å². The molecule has 7 nitrogen and oxygen atoms in total. The number of rotatable bonds is 9. The van der Waals surface area contributed by atoms with E-state index in [2.05, 4.69) is 22.8 Å². The number of aliphatic carboxylic acids is 1. The summed E-state index contributed by atoms with van der Waals surface area (Å²) in [5.74, 6) is -1.62. The van der Waals surface area contributed by atoms with Crippen molar-refractivity contribution in [3.8, 4) is 11.1 Å². The molecule has 35 heavy (non-hydrogen) atoms. The number of carboxylic acids is 1. The topological polar surface area (TPSA) is 105 Å². The molecule has 0 aromatic heterocycles.